The monoisotopic (exact) mass is 582 g/mol. The molecule has 0 amide bonds. The Bertz CT molecular complexity index is 1420. The topological polar surface area (TPSA) is 201 Å². The fourth-order valence-corrected chi connectivity index (χ4v) is 5.35. The molecule has 1 aliphatic heterocycles. The number of esters is 4. The van der Waals surface area contributed by atoms with Gasteiger partial charge in [-0.25, -0.2) is 4.98 Å². The van der Waals surface area contributed by atoms with Crippen LogP contribution < -0.4 is 5.73 Å². The zero-order chi connectivity index (χ0) is 30.3. The van der Waals surface area contributed by atoms with Crippen LogP contribution in [0.5, 0.6) is 0 Å². The summed E-state index contributed by atoms with van der Waals surface area (Å²) in [6.07, 6.45) is -5.32. The van der Waals surface area contributed by atoms with Crippen LogP contribution in [-0.2, 0) is 42.9 Å². The van der Waals surface area contributed by atoms with Gasteiger partial charge in [0, 0.05) is 33.3 Å². The average molecular weight is 583 g/mol. The molecule has 14 heteroatoms. The number of carbonyl (C=O) groups is 4. The highest BCUT2D eigenvalue weighted by Gasteiger charge is 2.52. The number of carbonyl (C=O) groups excluding carboxylic acids is 4. The van der Waals surface area contributed by atoms with Crippen LogP contribution in [0.15, 0.2) is 35.4 Å². The summed E-state index contributed by atoms with van der Waals surface area (Å²) in [7, 11) is 0. The third-order valence-electron chi connectivity index (χ3n) is 5.65. The van der Waals surface area contributed by atoms with Gasteiger partial charge < -0.3 is 29.4 Å². The van der Waals surface area contributed by atoms with E-state index in [-0.39, 0.29) is 27.5 Å². The molecule has 1 aliphatic rings. The van der Waals surface area contributed by atoms with E-state index in [0.29, 0.717) is 5.56 Å². The molecule has 13 nitrogen and oxygen atoms in total. The lowest BCUT2D eigenvalue weighted by molar-refractivity contribution is -0.237. The number of ether oxygens (including phenoxy) is 5. The molecule has 0 bridgehead atoms. The van der Waals surface area contributed by atoms with Crippen molar-refractivity contribution in [2.24, 2.45) is 0 Å². The number of anilines is 1. The van der Waals surface area contributed by atoms with Crippen LogP contribution in [0.25, 0.3) is 11.1 Å². The van der Waals surface area contributed by atoms with Gasteiger partial charge in [0.1, 0.15) is 41.3 Å². The lowest BCUT2D eigenvalue weighted by Crippen LogP contribution is -2.61. The fourth-order valence-electron chi connectivity index (χ4n) is 4.17. The third kappa shape index (κ3) is 7.51. The molecule has 1 aromatic heterocycles. The number of rotatable bonds is 8. The third-order valence-corrected chi connectivity index (χ3v) is 6.78. The Hall–Kier alpha value is -4.66. The highest BCUT2D eigenvalue weighted by Crippen LogP contribution is 2.41. The number of nitrogens with zero attached hydrogens (tertiary/aromatic N) is 3. The minimum absolute atomic E-state index is 0.0141. The molecule has 1 saturated heterocycles. The number of nitriles is 2. The number of thioether (sulfide) groups is 1. The predicted octanol–water partition coefficient (Wildman–Crippen LogP) is 2.25. The molecule has 2 N–H and O–H groups in total. The number of benzene rings is 1. The summed E-state index contributed by atoms with van der Waals surface area (Å²) >= 11 is 0.803. The van der Waals surface area contributed by atoms with E-state index in [2.05, 4.69) is 11.1 Å². The zero-order valence-corrected chi connectivity index (χ0v) is 23.3. The van der Waals surface area contributed by atoms with Crippen LogP contribution in [-0.4, -0.2) is 65.3 Å². The number of pyridine rings is 1. The summed E-state index contributed by atoms with van der Waals surface area (Å²) < 4.78 is 27.5. The lowest BCUT2D eigenvalue weighted by Gasteiger charge is -2.44. The van der Waals surface area contributed by atoms with Crippen LogP contribution in [0.1, 0.15) is 38.8 Å². The van der Waals surface area contributed by atoms with Gasteiger partial charge in [-0.15, -0.1) is 0 Å². The van der Waals surface area contributed by atoms with Crippen molar-refractivity contribution in [3.8, 4) is 23.3 Å². The lowest BCUT2D eigenvalue weighted by atomic mass is 9.97. The first-order valence-electron chi connectivity index (χ1n) is 12.1. The molecule has 0 spiro atoms. The van der Waals surface area contributed by atoms with Crippen molar-refractivity contribution in [2.45, 2.75) is 62.6 Å². The normalized spacial score (nSPS) is 21.5. The van der Waals surface area contributed by atoms with E-state index < -0.39 is 60.3 Å². The highest BCUT2D eigenvalue weighted by molar-refractivity contribution is 7.99. The van der Waals surface area contributed by atoms with E-state index >= 15 is 0 Å². The molecular weight excluding hydrogens is 556 g/mol. The first-order chi connectivity index (χ1) is 19.5. The summed E-state index contributed by atoms with van der Waals surface area (Å²) in [6.45, 7) is 4.08. The summed E-state index contributed by atoms with van der Waals surface area (Å²) in [4.78, 5) is 52.0. The minimum atomic E-state index is -1.40. The molecule has 1 fully saturated rings. The van der Waals surface area contributed by atoms with Crippen molar-refractivity contribution in [2.75, 3.05) is 12.3 Å². The standard InChI is InChI=1S/C27H26N4O9S/c1-13(32)36-12-20-22(37-14(2)33)23(38-15(3)34)24(39-16(4)35)27(40-20)41-26-19(11-29)21(17-8-6-5-7-9-17)18(10-28)25(30)31-26/h5-9,20,22-24,27H,12H2,1-4H3,(H2,30,31)/t20-,22-,23+,24-,27+/m1/s1. The SMILES string of the molecule is CC(=O)OC[C@H]1O[C@@H](Sc2nc(N)c(C#N)c(-c3ccccc3)c2C#N)[C@H](OC(C)=O)[C@@H](OC(C)=O)[C@@H]1OC(C)=O. The minimum Gasteiger partial charge on any atom is -0.463 e. The number of hydrogen-bond acceptors (Lipinski definition) is 14. The highest BCUT2D eigenvalue weighted by atomic mass is 32.2. The van der Waals surface area contributed by atoms with Crippen molar-refractivity contribution in [1.82, 2.24) is 4.98 Å². The van der Waals surface area contributed by atoms with E-state index in [4.69, 9.17) is 29.4 Å². The maximum absolute atomic E-state index is 12.1. The van der Waals surface area contributed by atoms with E-state index in [1.54, 1.807) is 30.3 Å². The van der Waals surface area contributed by atoms with Gasteiger partial charge in [0.05, 0.1) is 5.56 Å². The number of hydrogen-bond donors (Lipinski definition) is 1. The van der Waals surface area contributed by atoms with Gasteiger partial charge in [0.15, 0.2) is 23.7 Å². The van der Waals surface area contributed by atoms with Gasteiger partial charge in [-0.3, -0.25) is 19.2 Å². The quantitative estimate of drug-likeness (QED) is 0.351. The second-order valence-corrected chi connectivity index (χ2v) is 9.79. The fraction of sp³-hybridized carbons (Fsp3) is 0.370. The van der Waals surface area contributed by atoms with Gasteiger partial charge in [-0.1, -0.05) is 42.1 Å². The summed E-state index contributed by atoms with van der Waals surface area (Å²) in [6, 6.07) is 12.6. The van der Waals surface area contributed by atoms with Crippen molar-refractivity contribution >= 4 is 41.5 Å². The van der Waals surface area contributed by atoms with Crippen LogP contribution in [0.3, 0.4) is 0 Å². The van der Waals surface area contributed by atoms with Crippen LogP contribution in [0.2, 0.25) is 0 Å². The largest absolute Gasteiger partial charge is 0.463 e. The summed E-state index contributed by atoms with van der Waals surface area (Å²) in [5, 5.41) is 20.0. The zero-order valence-electron chi connectivity index (χ0n) is 22.5. The van der Waals surface area contributed by atoms with Crippen LogP contribution in [0.4, 0.5) is 5.82 Å². The van der Waals surface area contributed by atoms with Crippen molar-refractivity contribution < 1.29 is 42.9 Å². The first kappa shape index (κ1) is 30.9. The van der Waals surface area contributed by atoms with Crippen LogP contribution >= 0.6 is 11.8 Å². The van der Waals surface area contributed by atoms with Crippen molar-refractivity contribution in [3.63, 3.8) is 0 Å². The molecule has 0 aliphatic carbocycles. The number of nitrogen functional groups attached to an aromatic ring is 1. The Balaban J connectivity index is 2.18. The van der Waals surface area contributed by atoms with E-state index in [0.717, 1.165) is 39.5 Å². The van der Waals surface area contributed by atoms with Gasteiger partial charge in [0.2, 0.25) is 0 Å². The van der Waals surface area contributed by atoms with Crippen molar-refractivity contribution in [1.29, 1.82) is 10.5 Å². The Morgan fingerprint density at radius 2 is 1.44 bits per heavy atom. The molecule has 3 rings (SSSR count). The molecule has 1 aromatic carbocycles. The Labute approximate surface area is 239 Å². The molecule has 5 atom stereocenters. The van der Waals surface area contributed by atoms with Crippen molar-refractivity contribution in [3.05, 3.63) is 41.5 Å². The molecule has 0 saturated carbocycles. The van der Waals surface area contributed by atoms with E-state index in [1.165, 1.54) is 0 Å². The Morgan fingerprint density at radius 1 is 0.878 bits per heavy atom. The van der Waals surface area contributed by atoms with E-state index in [9.17, 15) is 29.7 Å². The second kappa shape index (κ2) is 13.6. The summed E-state index contributed by atoms with van der Waals surface area (Å²) in [5.74, 6) is -3.16. The van der Waals surface area contributed by atoms with Gasteiger partial charge >= 0.3 is 23.9 Å². The maximum atomic E-state index is 12.1. The molecular formula is C27H26N4O9S. The number of nitrogens with two attached hydrogens (primary N) is 1. The van der Waals surface area contributed by atoms with E-state index in [1.807, 2.05) is 6.07 Å². The smallest absolute Gasteiger partial charge is 0.303 e. The molecule has 2 heterocycles. The average Bonchev–Trinajstić information content (AvgIpc) is 2.90. The molecule has 214 valence electrons. The number of aromatic nitrogens is 1. The van der Waals surface area contributed by atoms with Crippen LogP contribution in [0, 0.1) is 22.7 Å². The molecule has 0 radical (unpaired) electrons. The van der Waals surface area contributed by atoms with Gasteiger partial charge in [0.25, 0.3) is 0 Å². The first-order valence-corrected chi connectivity index (χ1v) is 13.0. The Kier molecular flexibility index (Phi) is 10.2. The Morgan fingerprint density at radius 3 is 1.98 bits per heavy atom. The molecule has 0 unspecified atom stereocenters. The maximum Gasteiger partial charge on any atom is 0.303 e. The summed E-state index contributed by atoms with van der Waals surface area (Å²) in [5.41, 5.74) is 5.61. The second-order valence-electron chi connectivity index (χ2n) is 8.70. The predicted molar refractivity (Wildman–Crippen MR) is 141 cm³/mol. The van der Waals surface area contributed by atoms with Gasteiger partial charge in [-0.05, 0) is 5.56 Å². The molecule has 41 heavy (non-hydrogen) atoms. The molecule has 2 aromatic rings. The van der Waals surface area contributed by atoms with Gasteiger partial charge in [-0.2, -0.15) is 10.5 Å².